The number of benzene rings is 1. The summed E-state index contributed by atoms with van der Waals surface area (Å²) in [7, 11) is 0. The SMILES string of the molecule is CCNC(=NCc1cccc(COC2CCOCC2)c1)NCC(C)c1ccsc1. The molecule has 6 heteroatoms. The van der Waals surface area contributed by atoms with Crippen LogP contribution in [0.1, 0.15) is 49.3 Å². The first kappa shape index (κ1) is 21.8. The van der Waals surface area contributed by atoms with Gasteiger partial charge >= 0.3 is 0 Å². The van der Waals surface area contributed by atoms with Crippen molar-refractivity contribution in [3.63, 3.8) is 0 Å². The quantitative estimate of drug-likeness (QED) is 0.474. The number of nitrogens with one attached hydrogen (secondary N) is 2. The van der Waals surface area contributed by atoms with Gasteiger partial charge in [0, 0.05) is 26.3 Å². The Morgan fingerprint density at radius 3 is 2.83 bits per heavy atom. The Balaban J connectivity index is 1.51. The molecule has 0 bridgehead atoms. The Hall–Kier alpha value is -1.89. The number of guanidine groups is 1. The van der Waals surface area contributed by atoms with Gasteiger partial charge < -0.3 is 20.1 Å². The summed E-state index contributed by atoms with van der Waals surface area (Å²) in [5.74, 6) is 1.31. The molecule has 1 unspecified atom stereocenters. The molecule has 1 fully saturated rings. The molecule has 29 heavy (non-hydrogen) atoms. The molecular formula is C23H33N3O2S. The van der Waals surface area contributed by atoms with E-state index >= 15 is 0 Å². The van der Waals surface area contributed by atoms with Crippen LogP contribution in [0.25, 0.3) is 0 Å². The van der Waals surface area contributed by atoms with Crippen LogP contribution in [-0.2, 0) is 22.6 Å². The van der Waals surface area contributed by atoms with Crippen molar-refractivity contribution in [2.24, 2.45) is 4.99 Å². The summed E-state index contributed by atoms with van der Waals surface area (Å²) in [5, 5.41) is 11.2. The zero-order chi connectivity index (χ0) is 20.3. The molecule has 3 rings (SSSR count). The van der Waals surface area contributed by atoms with Crippen LogP contribution >= 0.6 is 11.3 Å². The van der Waals surface area contributed by atoms with Gasteiger partial charge in [0.1, 0.15) is 0 Å². The lowest BCUT2D eigenvalue weighted by Crippen LogP contribution is -2.39. The van der Waals surface area contributed by atoms with Crippen LogP contribution in [0, 0.1) is 0 Å². The first-order chi connectivity index (χ1) is 14.2. The molecule has 1 saturated heterocycles. The highest BCUT2D eigenvalue weighted by molar-refractivity contribution is 7.07. The minimum atomic E-state index is 0.320. The lowest BCUT2D eigenvalue weighted by molar-refractivity contribution is -0.0390. The highest BCUT2D eigenvalue weighted by Crippen LogP contribution is 2.17. The van der Waals surface area contributed by atoms with Gasteiger partial charge in [-0.1, -0.05) is 31.2 Å². The first-order valence-corrected chi connectivity index (χ1v) is 11.5. The van der Waals surface area contributed by atoms with Gasteiger partial charge in [0.25, 0.3) is 0 Å². The predicted molar refractivity (Wildman–Crippen MR) is 121 cm³/mol. The van der Waals surface area contributed by atoms with Crippen LogP contribution in [0.15, 0.2) is 46.1 Å². The van der Waals surface area contributed by atoms with E-state index in [1.54, 1.807) is 11.3 Å². The van der Waals surface area contributed by atoms with Crippen molar-refractivity contribution in [2.45, 2.75) is 51.9 Å². The van der Waals surface area contributed by atoms with Gasteiger partial charge in [0.05, 0.1) is 19.3 Å². The fourth-order valence-electron chi connectivity index (χ4n) is 3.31. The number of aliphatic imine (C=N–C) groups is 1. The first-order valence-electron chi connectivity index (χ1n) is 10.6. The zero-order valence-corrected chi connectivity index (χ0v) is 18.3. The molecule has 1 aromatic carbocycles. The van der Waals surface area contributed by atoms with Crippen molar-refractivity contribution < 1.29 is 9.47 Å². The largest absolute Gasteiger partial charge is 0.381 e. The molecule has 2 aromatic rings. The molecule has 2 N–H and O–H groups in total. The maximum absolute atomic E-state index is 6.05. The number of rotatable bonds is 9. The molecule has 5 nitrogen and oxygen atoms in total. The lowest BCUT2D eigenvalue weighted by Gasteiger charge is -2.22. The third-order valence-corrected chi connectivity index (χ3v) is 5.80. The van der Waals surface area contributed by atoms with Crippen LogP contribution in [0.3, 0.4) is 0 Å². The highest BCUT2D eigenvalue weighted by Gasteiger charge is 2.14. The summed E-state index contributed by atoms with van der Waals surface area (Å²) in [6, 6.07) is 10.7. The average molecular weight is 416 g/mol. The number of nitrogens with zero attached hydrogens (tertiary/aromatic N) is 1. The van der Waals surface area contributed by atoms with Crippen molar-refractivity contribution >= 4 is 17.3 Å². The normalized spacial score (nSPS) is 16.6. The molecule has 1 aliphatic heterocycles. The molecule has 0 saturated carbocycles. The summed E-state index contributed by atoms with van der Waals surface area (Å²) in [5.41, 5.74) is 3.77. The second-order valence-corrected chi connectivity index (χ2v) is 8.26. The molecule has 2 heterocycles. The van der Waals surface area contributed by atoms with Gasteiger partial charge in [0.2, 0.25) is 0 Å². The molecule has 158 valence electrons. The van der Waals surface area contributed by atoms with E-state index in [1.807, 2.05) is 0 Å². The molecule has 0 amide bonds. The summed E-state index contributed by atoms with van der Waals surface area (Å²) in [6.07, 6.45) is 2.30. The maximum atomic E-state index is 6.05. The lowest BCUT2D eigenvalue weighted by atomic mass is 10.1. The van der Waals surface area contributed by atoms with Crippen LogP contribution < -0.4 is 10.6 Å². The summed E-state index contributed by atoms with van der Waals surface area (Å²) < 4.78 is 11.4. The van der Waals surface area contributed by atoms with E-state index in [1.165, 1.54) is 16.7 Å². The number of thiophene rings is 1. The topological polar surface area (TPSA) is 54.9 Å². The molecule has 1 aromatic heterocycles. The number of ether oxygens (including phenoxy) is 2. The highest BCUT2D eigenvalue weighted by atomic mass is 32.1. The Morgan fingerprint density at radius 2 is 2.07 bits per heavy atom. The second kappa shape index (κ2) is 12.0. The fraction of sp³-hybridized carbons (Fsp3) is 0.522. The summed E-state index contributed by atoms with van der Waals surface area (Å²) >= 11 is 1.74. The van der Waals surface area contributed by atoms with Crippen molar-refractivity contribution in [1.82, 2.24) is 10.6 Å². The molecular weight excluding hydrogens is 382 g/mol. The van der Waals surface area contributed by atoms with E-state index in [0.717, 1.165) is 45.1 Å². The van der Waals surface area contributed by atoms with Crippen LogP contribution in [-0.4, -0.2) is 38.4 Å². The molecule has 0 aliphatic carbocycles. The fourth-order valence-corrected chi connectivity index (χ4v) is 4.09. The average Bonchev–Trinajstić information content (AvgIpc) is 3.30. The van der Waals surface area contributed by atoms with Crippen molar-refractivity contribution in [3.05, 3.63) is 57.8 Å². The zero-order valence-electron chi connectivity index (χ0n) is 17.5. The van der Waals surface area contributed by atoms with E-state index in [4.69, 9.17) is 14.5 Å². The summed E-state index contributed by atoms with van der Waals surface area (Å²) in [6.45, 7) is 8.95. The summed E-state index contributed by atoms with van der Waals surface area (Å²) in [4.78, 5) is 4.77. The van der Waals surface area contributed by atoms with Crippen molar-refractivity contribution in [3.8, 4) is 0 Å². The van der Waals surface area contributed by atoms with Crippen molar-refractivity contribution in [1.29, 1.82) is 0 Å². The van der Waals surface area contributed by atoms with E-state index in [0.29, 0.717) is 25.2 Å². The van der Waals surface area contributed by atoms with Gasteiger partial charge in [-0.15, -0.1) is 0 Å². The van der Waals surface area contributed by atoms with E-state index in [-0.39, 0.29) is 0 Å². The monoisotopic (exact) mass is 415 g/mol. The standard InChI is InChI=1S/C23H33N3O2S/c1-3-24-23(25-14-18(2)21-9-12-29-17-21)26-15-19-5-4-6-20(13-19)16-28-22-7-10-27-11-8-22/h4-6,9,12-13,17-18,22H,3,7-8,10-11,14-16H2,1-2H3,(H2,24,25,26). The molecule has 0 spiro atoms. The number of hydrogen-bond donors (Lipinski definition) is 2. The van der Waals surface area contributed by atoms with E-state index < -0.39 is 0 Å². The van der Waals surface area contributed by atoms with Gasteiger partial charge in [-0.25, -0.2) is 4.99 Å². The van der Waals surface area contributed by atoms with Crippen molar-refractivity contribution in [2.75, 3.05) is 26.3 Å². The van der Waals surface area contributed by atoms with Gasteiger partial charge in [-0.2, -0.15) is 11.3 Å². The predicted octanol–water partition coefficient (Wildman–Crippen LogP) is 4.30. The van der Waals surface area contributed by atoms with E-state index in [9.17, 15) is 0 Å². The number of hydrogen-bond acceptors (Lipinski definition) is 4. The minimum absolute atomic E-state index is 0.320. The van der Waals surface area contributed by atoms with Crippen LogP contribution in [0.2, 0.25) is 0 Å². The Kier molecular flexibility index (Phi) is 8.99. The Labute approximate surface area is 178 Å². The van der Waals surface area contributed by atoms with Gasteiger partial charge in [0.15, 0.2) is 5.96 Å². The second-order valence-electron chi connectivity index (χ2n) is 7.48. The Bertz CT molecular complexity index is 742. The molecule has 1 aliphatic rings. The minimum Gasteiger partial charge on any atom is -0.381 e. The third kappa shape index (κ3) is 7.46. The molecule has 0 radical (unpaired) electrons. The smallest absolute Gasteiger partial charge is 0.191 e. The third-order valence-electron chi connectivity index (χ3n) is 5.10. The van der Waals surface area contributed by atoms with Gasteiger partial charge in [-0.05, 0) is 59.2 Å². The Morgan fingerprint density at radius 1 is 1.24 bits per heavy atom. The van der Waals surface area contributed by atoms with Crippen LogP contribution in [0.4, 0.5) is 0 Å². The van der Waals surface area contributed by atoms with Crippen LogP contribution in [0.5, 0.6) is 0 Å². The van der Waals surface area contributed by atoms with Gasteiger partial charge in [-0.3, -0.25) is 0 Å². The molecule has 1 atom stereocenters. The maximum Gasteiger partial charge on any atom is 0.191 e. The van der Waals surface area contributed by atoms with E-state index in [2.05, 4.69) is 65.6 Å².